The molecule has 0 aliphatic rings. The molecule has 17 heavy (non-hydrogen) atoms. The van der Waals surface area contributed by atoms with Crippen molar-refractivity contribution in [2.24, 2.45) is 0 Å². The average molecular weight is 256 g/mol. The lowest BCUT2D eigenvalue weighted by molar-refractivity contribution is 0.587. The fourth-order valence-electron chi connectivity index (χ4n) is 1.41. The zero-order valence-corrected chi connectivity index (χ0v) is 11.0. The molecule has 96 valence electrons. The maximum Gasteiger partial charge on any atom is 0.151 e. The summed E-state index contributed by atoms with van der Waals surface area (Å²) in [7, 11) is -2.88. The average Bonchev–Trinajstić information content (AvgIpc) is 2.34. The van der Waals surface area contributed by atoms with Crippen LogP contribution in [-0.4, -0.2) is 31.5 Å². The topological polar surface area (TPSA) is 59.1 Å². The largest absolute Gasteiger partial charge is 0.310 e. The number of hydrogen-bond acceptors (Lipinski definition) is 4. The molecule has 0 fully saturated rings. The van der Waals surface area contributed by atoms with Crippen LogP contribution in [0.3, 0.4) is 0 Å². The molecule has 0 atom stereocenters. The summed E-state index contributed by atoms with van der Waals surface area (Å²) in [4.78, 5) is 4.15. The summed E-state index contributed by atoms with van der Waals surface area (Å²) in [5, 5.41) is 3.09. The molecule has 0 aliphatic carbocycles. The van der Waals surface area contributed by atoms with Crippen LogP contribution in [0.5, 0.6) is 0 Å². The van der Waals surface area contributed by atoms with Crippen LogP contribution in [0, 0.1) is 0 Å². The van der Waals surface area contributed by atoms with Gasteiger partial charge in [-0.05, 0) is 18.6 Å². The summed E-state index contributed by atoms with van der Waals surface area (Å²) in [6.07, 6.45) is 3.40. The van der Waals surface area contributed by atoms with Crippen LogP contribution in [0.1, 0.15) is 25.5 Å². The quantitative estimate of drug-likeness (QED) is 0.714. The second-order valence-electron chi connectivity index (χ2n) is 4.00. The van der Waals surface area contributed by atoms with Crippen molar-refractivity contribution in [1.82, 2.24) is 10.3 Å². The maximum absolute atomic E-state index is 11.5. The first kappa shape index (κ1) is 14.1. The number of pyridine rings is 1. The summed E-state index contributed by atoms with van der Waals surface area (Å²) in [5.74, 6) is 0.509. The minimum absolute atomic E-state index is 0.208. The molecular weight excluding hydrogens is 236 g/mol. The van der Waals surface area contributed by atoms with Gasteiger partial charge in [0.05, 0.1) is 17.2 Å². The van der Waals surface area contributed by atoms with Crippen molar-refractivity contribution in [2.45, 2.75) is 26.3 Å². The van der Waals surface area contributed by atoms with E-state index in [1.165, 1.54) is 0 Å². The fraction of sp³-hybridized carbons (Fsp3) is 0.583. The molecule has 1 rings (SSSR count). The van der Waals surface area contributed by atoms with Crippen molar-refractivity contribution >= 4 is 9.84 Å². The fourth-order valence-corrected chi connectivity index (χ4v) is 2.80. The van der Waals surface area contributed by atoms with Gasteiger partial charge in [-0.1, -0.05) is 19.4 Å². The number of hydrogen-bond donors (Lipinski definition) is 1. The molecule has 1 aromatic rings. The summed E-state index contributed by atoms with van der Waals surface area (Å²) < 4.78 is 23.1. The molecule has 5 heteroatoms. The molecule has 0 aromatic carbocycles. The van der Waals surface area contributed by atoms with Crippen LogP contribution >= 0.6 is 0 Å². The Morgan fingerprint density at radius 1 is 1.29 bits per heavy atom. The van der Waals surface area contributed by atoms with Gasteiger partial charge in [0.1, 0.15) is 0 Å². The zero-order valence-electron chi connectivity index (χ0n) is 10.2. The van der Waals surface area contributed by atoms with Gasteiger partial charge in [-0.15, -0.1) is 0 Å². The molecule has 0 saturated carbocycles. The van der Waals surface area contributed by atoms with Crippen molar-refractivity contribution in [2.75, 3.05) is 18.1 Å². The predicted octanol–water partition coefficient (Wildman–Crippen LogP) is 1.39. The summed E-state index contributed by atoms with van der Waals surface area (Å²) in [6, 6.07) is 5.69. The molecule has 0 unspecified atom stereocenters. The zero-order chi connectivity index (χ0) is 12.6. The van der Waals surface area contributed by atoms with E-state index < -0.39 is 9.84 Å². The van der Waals surface area contributed by atoms with E-state index in [0.29, 0.717) is 18.8 Å². The van der Waals surface area contributed by atoms with Crippen LogP contribution in [0.25, 0.3) is 0 Å². The summed E-state index contributed by atoms with van der Waals surface area (Å²) in [6.45, 7) is 3.10. The van der Waals surface area contributed by atoms with Gasteiger partial charge in [-0.2, -0.15) is 0 Å². The van der Waals surface area contributed by atoms with Crippen molar-refractivity contribution in [3.8, 4) is 0 Å². The number of sulfone groups is 1. The standard InChI is InChI=1S/C12H20N2O2S/c1-2-3-9-17(15,16)10-8-13-11-12-6-4-5-7-14-12/h4-7,13H,2-3,8-11H2,1H3. The first-order valence-corrected chi connectivity index (χ1v) is 7.77. The van der Waals surface area contributed by atoms with Crippen molar-refractivity contribution in [3.63, 3.8) is 0 Å². The minimum atomic E-state index is -2.88. The van der Waals surface area contributed by atoms with E-state index in [2.05, 4.69) is 10.3 Å². The number of nitrogens with zero attached hydrogens (tertiary/aromatic N) is 1. The van der Waals surface area contributed by atoms with Gasteiger partial charge < -0.3 is 5.32 Å². The minimum Gasteiger partial charge on any atom is -0.310 e. The van der Waals surface area contributed by atoms with Crippen LogP contribution in [0.4, 0.5) is 0 Å². The first-order valence-electron chi connectivity index (χ1n) is 5.95. The van der Waals surface area contributed by atoms with Gasteiger partial charge in [0.25, 0.3) is 0 Å². The monoisotopic (exact) mass is 256 g/mol. The first-order chi connectivity index (χ1) is 8.14. The highest BCUT2D eigenvalue weighted by Gasteiger charge is 2.08. The molecule has 0 radical (unpaired) electrons. The third-order valence-corrected chi connectivity index (χ3v) is 4.17. The van der Waals surface area contributed by atoms with Crippen molar-refractivity contribution in [3.05, 3.63) is 30.1 Å². The van der Waals surface area contributed by atoms with Gasteiger partial charge in [0, 0.05) is 19.3 Å². The number of nitrogens with one attached hydrogen (secondary N) is 1. The maximum atomic E-state index is 11.5. The third kappa shape index (κ3) is 6.38. The van der Waals surface area contributed by atoms with Crippen LogP contribution < -0.4 is 5.32 Å². The Morgan fingerprint density at radius 3 is 2.76 bits per heavy atom. The SMILES string of the molecule is CCCCS(=O)(=O)CCNCc1ccccn1. The van der Waals surface area contributed by atoms with Crippen molar-refractivity contribution < 1.29 is 8.42 Å². The Balaban J connectivity index is 2.20. The molecule has 0 saturated heterocycles. The Labute approximate surface area is 103 Å². The molecular formula is C12H20N2O2S. The molecule has 1 aromatic heterocycles. The van der Waals surface area contributed by atoms with E-state index in [-0.39, 0.29) is 5.75 Å². The highest BCUT2D eigenvalue weighted by Crippen LogP contribution is 1.97. The second-order valence-corrected chi connectivity index (χ2v) is 6.31. The normalized spacial score (nSPS) is 11.6. The number of unbranched alkanes of at least 4 members (excludes halogenated alkanes) is 1. The smallest absolute Gasteiger partial charge is 0.151 e. The van der Waals surface area contributed by atoms with E-state index in [0.717, 1.165) is 18.5 Å². The van der Waals surface area contributed by atoms with E-state index >= 15 is 0 Å². The lowest BCUT2D eigenvalue weighted by atomic mass is 10.3. The molecule has 4 nitrogen and oxygen atoms in total. The van der Waals surface area contributed by atoms with Gasteiger partial charge in [0.15, 0.2) is 9.84 Å². The van der Waals surface area contributed by atoms with Crippen LogP contribution in [0.2, 0.25) is 0 Å². The lowest BCUT2D eigenvalue weighted by Gasteiger charge is -2.05. The Hall–Kier alpha value is -0.940. The van der Waals surface area contributed by atoms with Gasteiger partial charge in [-0.25, -0.2) is 8.42 Å². The number of aromatic nitrogens is 1. The molecule has 1 heterocycles. The molecule has 1 N–H and O–H groups in total. The summed E-state index contributed by atoms with van der Waals surface area (Å²) in [5.41, 5.74) is 0.929. The molecule has 0 amide bonds. The highest BCUT2D eigenvalue weighted by molar-refractivity contribution is 7.91. The Bertz CT molecular complexity index is 404. The Kier molecular flexibility index (Phi) is 6.15. The molecule has 0 aliphatic heterocycles. The second kappa shape index (κ2) is 7.40. The van der Waals surface area contributed by atoms with Gasteiger partial charge in [-0.3, -0.25) is 4.98 Å². The van der Waals surface area contributed by atoms with Crippen molar-refractivity contribution in [1.29, 1.82) is 0 Å². The summed E-state index contributed by atoms with van der Waals surface area (Å²) >= 11 is 0. The van der Waals surface area contributed by atoms with Gasteiger partial charge in [0.2, 0.25) is 0 Å². The van der Waals surface area contributed by atoms with E-state index in [9.17, 15) is 8.42 Å². The molecule has 0 bridgehead atoms. The third-order valence-electron chi connectivity index (χ3n) is 2.43. The van der Waals surface area contributed by atoms with Crippen LogP contribution in [-0.2, 0) is 16.4 Å². The van der Waals surface area contributed by atoms with E-state index in [4.69, 9.17) is 0 Å². The Morgan fingerprint density at radius 2 is 2.12 bits per heavy atom. The van der Waals surface area contributed by atoms with E-state index in [1.54, 1.807) is 6.20 Å². The van der Waals surface area contributed by atoms with Crippen LogP contribution in [0.15, 0.2) is 24.4 Å². The van der Waals surface area contributed by atoms with E-state index in [1.807, 2.05) is 25.1 Å². The molecule has 0 spiro atoms. The predicted molar refractivity (Wildman–Crippen MR) is 69.5 cm³/mol. The number of rotatable bonds is 8. The highest BCUT2D eigenvalue weighted by atomic mass is 32.2. The lowest BCUT2D eigenvalue weighted by Crippen LogP contribution is -2.24. The van der Waals surface area contributed by atoms with Gasteiger partial charge >= 0.3 is 0 Å².